The number of piperidine rings is 1. The van der Waals surface area contributed by atoms with Crippen molar-refractivity contribution in [3.8, 4) is 0 Å². The molecule has 2 nitrogen and oxygen atoms in total. The average molecular weight is 283 g/mol. The van der Waals surface area contributed by atoms with Gasteiger partial charge >= 0.3 is 0 Å². The first-order valence-electron chi connectivity index (χ1n) is 7.32. The third kappa shape index (κ3) is 3.76. The Morgan fingerprint density at radius 3 is 2.45 bits per heavy atom. The quantitative estimate of drug-likeness (QED) is 0.916. The van der Waals surface area contributed by atoms with Gasteiger partial charge < -0.3 is 10.0 Å². The van der Waals surface area contributed by atoms with Gasteiger partial charge in [0.15, 0.2) is 0 Å². The van der Waals surface area contributed by atoms with Crippen molar-refractivity contribution in [3.05, 3.63) is 35.4 Å². The third-order valence-electron chi connectivity index (χ3n) is 3.98. The summed E-state index contributed by atoms with van der Waals surface area (Å²) in [5.41, 5.74) is 0.216. The second kappa shape index (κ2) is 6.64. The van der Waals surface area contributed by atoms with Crippen LogP contribution in [0.5, 0.6) is 0 Å². The summed E-state index contributed by atoms with van der Waals surface area (Å²) < 4.78 is 26.6. The Balaban J connectivity index is 1.96. The predicted molar refractivity (Wildman–Crippen MR) is 75.3 cm³/mol. The van der Waals surface area contributed by atoms with Crippen molar-refractivity contribution < 1.29 is 13.9 Å². The summed E-state index contributed by atoms with van der Waals surface area (Å²) in [5.74, 6) is -0.572. The van der Waals surface area contributed by atoms with E-state index in [-0.39, 0.29) is 11.5 Å². The fourth-order valence-electron chi connectivity index (χ4n) is 2.96. The van der Waals surface area contributed by atoms with Crippen molar-refractivity contribution in [2.45, 2.75) is 32.8 Å². The number of aliphatic hydroxyl groups is 1. The highest BCUT2D eigenvalue weighted by atomic mass is 19.1. The minimum absolute atomic E-state index is 0.0540. The lowest BCUT2D eigenvalue weighted by Crippen LogP contribution is -2.37. The van der Waals surface area contributed by atoms with E-state index in [1.54, 1.807) is 0 Å². The molecule has 1 atom stereocenters. The van der Waals surface area contributed by atoms with E-state index in [1.807, 2.05) is 0 Å². The fourth-order valence-corrected chi connectivity index (χ4v) is 2.96. The number of hydrogen-bond donors (Lipinski definition) is 1. The topological polar surface area (TPSA) is 23.5 Å². The summed E-state index contributed by atoms with van der Waals surface area (Å²) in [7, 11) is 0. The number of aliphatic hydroxyl groups excluding tert-OH is 1. The molecule has 4 heteroatoms. The lowest BCUT2D eigenvalue weighted by atomic mass is 9.87. The summed E-state index contributed by atoms with van der Waals surface area (Å²) in [6.45, 7) is 7.31. The lowest BCUT2D eigenvalue weighted by Gasteiger charge is -2.35. The highest BCUT2D eigenvalue weighted by molar-refractivity contribution is 5.21. The van der Waals surface area contributed by atoms with E-state index in [9.17, 15) is 13.9 Å². The summed E-state index contributed by atoms with van der Waals surface area (Å²) in [5, 5.41) is 10.3. The molecule has 0 spiro atoms. The molecule has 1 aromatic carbocycles. The zero-order valence-electron chi connectivity index (χ0n) is 12.1. The van der Waals surface area contributed by atoms with Crippen LogP contribution in [0.4, 0.5) is 8.78 Å². The number of halogens is 2. The lowest BCUT2D eigenvalue weighted by molar-refractivity contribution is 0.0534. The van der Waals surface area contributed by atoms with Gasteiger partial charge in [-0.3, -0.25) is 0 Å². The van der Waals surface area contributed by atoms with E-state index >= 15 is 0 Å². The second-order valence-corrected chi connectivity index (χ2v) is 6.14. The van der Waals surface area contributed by atoms with Crippen LogP contribution in [0, 0.1) is 23.5 Å². The molecule has 20 heavy (non-hydrogen) atoms. The minimum atomic E-state index is -0.836. The van der Waals surface area contributed by atoms with Crippen LogP contribution in [0.25, 0.3) is 0 Å². The molecule has 0 aromatic heterocycles. The molecule has 0 aliphatic carbocycles. The third-order valence-corrected chi connectivity index (χ3v) is 3.98. The maximum Gasteiger partial charge on any atom is 0.131 e. The molecule has 0 saturated carbocycles. The Kier molecular flexibility index (Phi) is 5.11. The Morgan fingerprint density at radius 1 is 1.25 bits per heavy atom. The van der Waals surface area contributed by atoms with Crippen molar-refractivity contribution in [1.29, 1.82) is 0 Å². The zero-order valence-corrected chi connectivity index (χ0v) is 12.1. The highest BCUT2D eigenvalue weighted by Crippen LogP contribution is 2.32. The molecular weight excluding hydrogens is 260 g/mol. The molecule has 1 saturated heterocycles. The Labute approximate surface area is 119 Å². The SMILES string of the molecule is CC(C)CN1CCC(C(O)c2ccc(F)cc2F)CC1. The monoisotopic (exact) mass is 283 g/mol. The normalized spacial score (nSPS) is 19.5. The van der Waals surface area contributed by atoms with Crippen LogP contribution >= 0.6 is 0 Å². The second-order valence-electron chi connectivity index (χ2n) is 6.14. The predicted octanol–water partition coefficient (Wildman–Crippen LogP) is 3.37. The molecule has 1 aliphatic rings. The maximum atomic E-state index is 13.7. The highest BCUT2D eigenvalue weighted by Gasteiger charge is 2.28. The van der Waals surface area contributed by atoms with Gasteiger partial charge in [0.25, 0.3) is 0 Å². The molecule has 0 radical (unpaired) electrons. The molecule has 1 aromatic rings. The van der Waals surface area contributed by atoms with Gasteiger partial charge in [0.05, 0.1) is 6.10 Å². The van der Waals surface area contributed by atoms with Gasteiger partial charge in [0.2, 0.25) is 0 Å². The number of rotatable bonds is 4. The van der Waals surface area contributed by atoms with E-state index < -0.39 is 17.7 Å². The summed E-state index contributed by atoms with van der Waals surface area (Å²) in [6, 6.07) is 3.40. The van der Waals surface area contributed by atoms with E-state index in [4.69, 9.17) is 0 Å². The number of likely N-dealkylation sites (tertiary alicyclic amines) is 1. The van der Waals surface area contributed by atoms with Gasteiger partial charge in [0, 0.05) is 18.2 Å². The molecule has 112 valence electrons. The number of benzene rings is 1. The largest absolute Gasteiger partial charge is 0.388 e. The first-order chi connectivity index (χ1) is 9.47. The van der Waals surface area contributed by atoms with Gasteiger partial charge in [-0.25, -0.2) is 8.78 Å². The van der Waals surface area contributed by atoms with Gasteiger partial charge in [-0.2, -0.15) is 0 Å². The summed E-state index contributed by atoms with van der Waals surface area (Å²) >= 11 is 0. The molecular formula is C16H23F2NO. The summed E-state index contributed by atoms with van der Waals surface area (Å²) in [6.07, 6.45) is 0.867. The molecule has 1 aliphatic heterocycles. The first kappa shape index (κ1) is 15.4. The molecule has 1 N–H and O–H groups in total. The van der Waals surface area contributed by atoms with Crippen molar-refractivity contribution in [3.63, 3.8) is 0 Å². The smallest absolute Gasteiger partial charge is 0.131 e. The molecule has 2 rings (SSSR count). The molecule has 1 heterocycles. The first-order valence-corrected chi connectivity index (χ1v) is 7.32. The van der Waals surface area contributed by atoms with Gasteiger partial charge in [-0.05, 0) is 43.8 Å². The van der Waals surface area contributed by atoms with Crippen LogP contribution in [-0.4, -0.2) is 29.6 Å². The van der Waals surface area contributed by atoms with Crippen LogP contribution in [-0.2, 0) is 0 Å². The van der Waals surface area contributed by atoms with E-state index in [1.165, 1.54) is 12.1 Å². The molecule has 1 fully saturated rings. The van der Waals surface area contributed by atoms with Gasteiger partial charge in [0.1, 0.15) is 11.6 Å². The van der Waals surface area contributed by atoms with Crippen LogP contribution in [0.15, 0.2) is 18.2 Å². The van der Waals surface area contributed by atoms with Crippen LogP contribution < -0.4 is 0 Å². The van der Waals surface area contributed by atoms with Crippen molar-refractivity contribution in [2.75, 3.05) is 19.6 Å². The number of hydrogen-bond acceptors (Lipinski definition) is 2. The average Bonchev–Trinajstić information content (AvgIpc) is 2.38. The molecule has 0 bridgehead atoms. The minimum Gasteiger partial charge on any atom is -0.388 e. The standard InChI is InChI=1S/C16H23F2NO/c1-11(2)10-19-7-5-12(6-8-19)16(20)14-4-3-13(17)9-15(14)18/h3-4,9,11-12,16,20H,5-8,10H2,1-2H3. The van der Waals surface area contributed by atoms with Crippen molar-refractivity contribution in [1.82, 2.24) is 4.90 Å². The van der Waals surface area contributed by atoms with Crippen LogP contribution in [0.2, 0.25) is 0 Å². The fraction of sp³-hybridized carbons (Fsp3) is 0.625. The van der Waals surface area contributed by atoms with Gasteiger partial charge in [-0.1, -0.05) is 19.9 Å². The van der Waals surface area contributed by atoms with Crippen molar-refractivity contribution >= 4 is 0 Å². The summed E-state index contributed by atoms with van der Waals surface area (Å²) in [4.78, 5) is 2.38. The van der Waals surface area contributed by atoms with Crippen LogP contribution in [0.1, 0.15) is 38.4 Å². The zero-order chi connectivity index (χ0) is 14.7. The Morgan fingerprint density at radius 2 is 1.90 bits per heavy atom. The van der Waals surface area contributed by atoms with Gasteiger partial charge in [-0.15, -0.1) is 0 Å². The van der Waals surface area contributed by atoms with Crippen molar-refractivity contribution in [2.24, 2.45) is 11.8 Å². The number of nitrogens with zero attached hydrogens (tertiary/aromatic N) is 1. The van der Waals surface area contributed by atoms with Crippen LogP contribution in [0.3, 0.4) is 0 Å². The molecule has 1 unspecified atom stereocenters. The molecule has 0 amide bonds. The van der Waals surface area contributed by atoms with E-state index in [0.717, 1.165) is 38.5 Å². The Bertz CT molecular complexity index is 442. The van der Waals surface area contributed by atoms with E-state index in [2.05, 4.69) is 18.7 Å². The van der Waals surface area contributed by atoms with E-state index in [0.29, 0.717) is 5.92 Å². The maximum absolute atomic E-state index is 13.7. The Hall–Kier alpha value is -1.00.